The lowest BCUT2D eigenvalue weighted by Gasteiger charge is -2.71. The van der Waals surface area contributed by atoms with E-state index in [1.54, 1.807) is 5.57 Å². The predicted octanol–water partition coefficient (Wildman–Crippen LogP) is 7.34. The second kappa shape index (κ2) is 8.68. The fraction of sp³-hybridized carbons (Fsp3) is 0.886. The molecule has 6 rings (SSSR count). The molecule has 0 aromatic rings. The van der Waals surface area contributed by atoms with Gasteiger partial charge in [0, 0.05) is 25.9 Å². The van der Waals surface area contributed by atoms with Crippen molar-refractivity contribution >= 4 is 11.7 Å². The first kappa shape index (κ1) is 28.0. The van der Waals surface area contributed by atoms with Crippen molar-refractivity contribution in [2.24, 2.45) is 50.2 Å². The number of piperidine rings is 1. The van der Waals surface area contributed by atoms with Gasteiger partial charge in [0.15, 0.2) is 0 Å². The lowest BCUT2D eigenvalue weighted by Crippen LogP contribution is -2.65. The zero-order chi connectivity index (χ0) is 28.2. The maximum Gasteiger partial charge on any atom is 0.229 e. The summed E-state index contributed by atoms with van der Waals surface area (Å²) in [5.74, 6) is 2.18. The average molecular weight is 538 g/mol. The van der Waals surface area contributed by atoms with Gasteiger partial charge in [0.05, 0.1) is 11.5 Å². The summed E-state index contributed by atoms with van der Waals surface area (Å²) in [6.07, 6.45) is 14.5. The van der Waals surface area contributed by atoms with E-state index in [1.807, 2.05) is 0 Å². The Labute approximate surface area is 237 Å². The van der Waals surface area contributed by atoms with Crippen LogP contribution in [0.25, 0.3) is 0 Å². The summed E-state index contributed by atoms with van der Waals surface area (Å²) in [6, 6.07) is 0. The van der Waals surface area contributed by atoms with E-state index in [0.717, 1.165) is 51.4 Å². The van der Waals surface area contributed by atoms with Crippen molar-refractivity contribution in [2.45, 2.75) is 132 Å². The number of aliphatic hydroxyl groups excluding tert-OH is 1. The van der Waals surface area contributed by atoms with Gasteiger partial charge in [0.2, 0.25) is 5.91 Å². The first-order chi connectivity index (χ1) is 18.1. The third-order valence-corrected chi connectivity index (χ3v) is 14.7. The Hall–Kier alpha value is -1.16. The number of carbonyl (C=O) groups excluding carboxylic acids is 2. The van der Waals surface area contributed by atoms with Crippen LogP contribution in [-0.4, -0.2) is 40.9 Å². The third-order valence-electron chi connectivity index (χ3n) is 14.7. The molecule has 4 nitrogen and oxygen atoms in total. The van der Waals surface area contributed by atoms with Crippen LogP contribution in [0.2, 0.25) is 0 Å². The Morgan fingerprint density at radius 3 is 2.23 bits per heavy atom. The second-order valence-corrected chi connectivity index (χ2v) is 17.1. The molecular formula is C35H55NO3. The molecule has 5 fully saturated rings. The number of carbonyl (C=O) groups is 2. The smallest absolute Gasteiger partial charge is 0.229 e. The van der Waals surface area contributed by atoms with Crippen molar-refractivity contribution in [1.82, 2.24) is 4.90 Å². The summed E-state index contributed by atoms with van der Waals surface area (Å²) in [6.45, 7) is 18.5. The van der Waals surface area contributed by atoms with Crippen molar-refractivity contribution in [3.8, 4) is 0 Å². The van der Waals surface area contributed by atoms with Gasteiger partial charge >= 0.3 is 0 Å². The van der Waals surface area contributed by atoms with Crippen LogP contribution in [0.15, 0.2) is 11.6 Å². The quantitative estimate of drug-likeness (QED) is 0.356. The number of fused-ring (bicyclic) bond motifs is 7. The van der Waals surface area contributed by atoms with Gasteiger partial charge in [-0.2, -0.15) is 0 Å². The van der Waals surface area contributed by atoms with Crippen LogP contribution in [-0.2, 0) is 9.59 Å². The maximum absolute atomic E-state index is 14.5. The van der Waals surface area contributed by atoms with E-state index < -0.39 is 0 Å². The number of hydrogen-bond donors (Lipinski definition) is 1. The van der Waals surface area contributed by atoms with Gasteiger partial charge in [-0.25, -0.2) is 0 Å². The van der Waals surface area contributed by atoms with E-state index in [4.69, 9.17) is 0 Å². The second-order valence-electron chi connectivity index (χ2n) is 17.1. The van der Waals surface area contributed by atoms with Gasteiger partial charge in [0.25, 0.3) is 0 Å². The first-order valence-electron chi connectivity index (χ1n) is 16.3. The lowest BCUT2D eigenvalue weighted by atomic mass is 9.33. The Kier molecular flexibility index (Phi) is 6.23. The average Bonchev–Trinajstić information content (AvgIpc) is 2.87. The van der Waals surface area contributed by atoms with Crippen LogP contribution < -0.4 is 0 Å². The van der Waals surface area contributed by atoms with Crippen molar-refractivity contribution in [1.29, 1.82) is 0 Å². The molecule has 1 N–H and O–H groups in total. The number of allylic oxidation sites excluding steroid dienone is 2. The summed E-state index contributed by atoms with van der Waals surface area (Å²) >= 11 is 0. The normalized spacial score (nSPS) is 48.7. The summed E-state index contributed by atoms with van der Waals surface area (Å²) in [4.78, 5) is 28.5. The number of amides is 1. The molecule has 4 saturated carbocycles. The van der Waals surface area contributed by atoms with E-state index in [0.29, 0.717) is 55.4 Å². The minimum Gasteiger partial charge on any atom is -0.393 e. The van der Waals surface area contributed by atoms with Gasteiger partial charge in [-0.15, -0.1) is 0 Å². The highest BCUT2D eigenvalue weighted by molar-refractivity contribution is 5.87. The molecule has 1 unspecified atom stereocenters. The standard InChI is InChI=1S/C35H55NO3/c1-30(2)16-18-35(29(39)36-20-12-23(37)13-21-36)19-17-33(6)24(25(35)22-30)8-9-27-32(5)14-11-28(38)31(3,4)26(32)10-15-34(27,33)7/h8,25-28,38H,9-22H2,1-7H3/t25-,26-,27+,28?,32-,33+,34+,35-/m0/s1. The molecule has 0 radical (unpaired) electrons. The highest BCUT2D eigenvalue weighted by Gasteiger charge is 2.69. The highest BCUT2D eigenvalue weighted by Crippen LogP contribution is 2.75. The van der Waals surface area contributed by atoms with E-state index in [2.05, 4.69) is 59.4 Å². The molecule has 0 aromatic carbocycles. The molecule has 0 bridgehead atoms. The van der Waals surface area contributed by atoms with Gasteiger partial charge < -0.3 is 10.0 Å². The number of aliphatic hydroxyl groups is 1. The molecule has 1 aliphatic heterocycles. The van der Waals surface area contributed by atoms with Crippen molar-refractivity contribution in [2.75, 3.05) is 13.1 Å². The zero-order valence-corrected chi connectivity index (χ0v) is 26.0. The Morgan fingerprint density at radius 1 is 0.872 bits per heavy atom. The summed E-state index contributed by atoms with van der Waals surface area (Å²) in [7, 11) is 0. The number of hydrogen-bond acceptors (Lipinski definition) is 3. The number of rotatable bonds is 1. The van der Waals surface area contributed by atoms with Crippen molar-refractivity contribution < 1.29 is 14.7 Å². The minimum absolute atomic E-state index is 0.0312. The van der Waals surface area contributed by atoms with E-state index in [1.165, 1.54) is 12.8 Å². The minimum atomic E-state index is -0.289. The number of ketones is 1. The highest BCUT2D eigenvalue weighted by atomic mass is 16.3. The van der Waals surface area contributed by atoms with E-state index in [9.17, 15) is 14.7 Å². The molecule has 39 heavy (non-hydrogen) atoms. The predicted molar refractivity (Wildman–Crippen MR) is 156 cm³/mol. The number of Topliss-reactive ketones (excluding diaryl/α,β-unsaturated/α-hetero) is 1. The Bertz CT molecular complexity index is 1080. The van der Waals surface area contributed by atoms with Crippen LogP contribution in [0, 0.1) is 50.2 Å². The molecule has 5 aliphatic carbocycles. The maximum atomic E-state index is 14.5. The molecular weight excluding hydrogens is 482 g/mol. The number of likely N-dealkylation sites (tertiary alicyclic amines) is 1. The molecule has 0 spiro atoms. The molecule has 218 valence electrons. The molecule has 1 saturated heterocycles. The van der Waals surface area contributed by atoms with E-state index >= 15 is 0 Å². The van der Waals surface area contributed by atoms with Gasteiger partial charge in [-0.05, 0) is 109 Å². The molecule has 6 aliphatic rings. The van der Waals surface area contributed by atoms with Crippen LogP contribution >= 0.6 is 0 Å². The van der Waals surface area contributed by atoms with Crippen LogP contribution in [0.4, 0.5) is 0 Å². The molecule has 0 aromatic heterocycles. The van der Waals surface area contributed by atoms with Gasteiger partial charge in [-0.3, -0.25) is 9.59 Å². The van der Waals surface area contributed by atoms with Crippen LogP contribution in [0.5, 0.6) is 0 Å². The zero-order valence-electron chi connectivity index (χ0n) is 26.0. The molecule has 8 atom stereocenters. The SMILES string of the molecule is CC1(C)CC[C@]2(C(=O)N3CCC(=O)CC3)CC[C@]3(C)C(=CC[C@@H]4[C@@]5(C)CCC(O)C(C)(C)[C@@H]5CC[C@]43C)[C@@H]2C1. The monoisotopic (exact) mass is 537 g/mol. The lowest BCUT2D eigenvalue weighted by molar-refractivity contribution is -0.204. The third kappa shape index (κ3) is 3.71. The Balaban J connectivity index is 1.40. The molecule has 1 amide bonds. The van der Waals surface area contributed by atoms with Crippen LogP contribution in [0.1, 0.15) is 126 Å². The van der Waals surface area contributed by atoms with Gasteiger partial charge in [-0.1, -0.05) is 60.1 Å². The molecule has 4 heteroatoms. The Morgan fingerprint density at radius 2 is 1.54 bits per heavy atom. The summed E-state index contributed by atoms with van der Waals surface area (Å²) < 4.78 is 0. The van der Waals surface area contributed by atoms with E-state index in [-0.39, 0.29) is 38.6 Å². The fourth-order valence-corrected chi connectivity index (χ4v) is 11.9. The topological polar surface area (TPSA) is 57.6 Å². The summed E-state index contributed by atoms with van der Waals surface area (Å²) in [5.41, 5.74) is 2.13. The van der Waals surface area contributed by atoms with Gasteiger partial charge in [0.1, 0.15) is 5.78 Å². The van der Waals surface area contributed by atoms with Crippen molar-refractivity contribution in [3.63, 3.8) is 0 Å². The first-order valence-corrected chi connectivity index (χ1v) is 16.3. The number of nitrogens with zero attached hydrogens (tertiary/aromatic N) is 1. The molecule has 1 heterocycles. The fourth-order valence-electron chi connectivity index (χ4n) is 11.9. The summed E-state index contributed by atoms with van der Waals surface area (Å²) in [5, 5.41) is 11.0. The van der Waals surface area contributed by atoms with Crippen LogP contribution in [0.3, 0.4) is 0 Å². The van der Waals surface area contributed by atoms with Crippen molar-refractivity contribution in [3.05, 3.63) is 11.6 Å². The largest absolute Gasteiger partial charge is 0.393 e.